The Kier molecular flexibility index (Phi) is 6.14. The Morgan fingerprint density at radius 1 is 1.29 bits per heavy atom. The number of benzene rings is 1. The Balaban J connectivity index is 1.52. The van der Waals surface area contributed by atoms with Crippen LogP contribution in [0.25, 0.3) is 0 Å². The minimum atomic E-state index is 0.113. The van der Waals surface area contributed by atoms with Gasteiger partial charge in [0.05, 0.1) is 12.7 Å². The smallest absolute Gasteiger partial charge is 0.119 e. The maximum atomic E-state index is 6.26. The molecule has 134 valence electrons. The monoisotopic (exact) mass is 333 g/mol. The van der Waals surface area contributed by atoms with Crippen molar-refractivity contribution in [2.45, 2.75) is 44.8 Å². The van der Waals surface area contributed by atoms with Crippen molar-refractivity contribution in [1.29, 1.82) is 0 Å². The highest BCUT2D eigenvalue weighted by Gasteiger charge is 2.45. The second kappa shape index (κ2) is 8.32. The first-order chi connectivity index (χ1) is 11.8. The molecule has 4 heteroatoms. The molecule has 0 aliphatic carbocycles. The van der Waals surface area contributed by atoms with Crippen LogP contribution in [0.1, 0.15) is 38.2 Å². The molecule has 24 heavy (non-hydrogen) atoms. The van der Waals surface area contributed by atoms with Gasteiger partial charge in [-0.1, -0.05) is 12.1 Å². The summed E-state index contributed by atoms with van der Waals surface area (Å²) in [4.78, 5) is 2.54. The molecule has 3 rings (SSSR count). The predicted molar refractivity (Wildman–Crippen MR) is 95.4 cm³/mol. The topological polar surface area (TPSA) is 30.9 Å². The second-order valence-electron chi connectivity index (χ2n) is 7.01. The molecule has 1 atom stereocenters. The third-order valence-electron chi connectivity index (χ3n) is 5.66. The fourth-order valence-electron chi connectivity index (χ4n) is 4.23. The molecule has 1 aromatic rings. The van der Waals surface area contributed by atoms with Crippen molar-refractivity contribution in [2.75, 3.05) is 40.0 Å². The Morgan fingerprint density at radius 3 is 2.88 bits per heavy atom. The third kappa shape index (κ3) is 4.11. The molecule has 2 saturated heterocycles. The Morgan fingerprint density at radius 2 is 2.12 bits per heavy atom. The first-order valence-electron chi connectivity index (χ1n) is 9.33. The van der Waals surface area contributed by atoms with Gasteiger partial charge in [0.25, 0.3) is 0 Å². The molecule has 1 spiro atoms. The van der Waals surface area contributed by atoms with Crippen LogP contribution in [0.3, 0.4) is 0 Å². The van der Waals surface area contributed by atoms with Crippen LogP contribution in [0.4, 0.5) is 0 Å². The molecule has 0 aromatic heterocycles. The lowest BCUT2D eigenvalue weighted by Gasteiger charge is -2.42. The van der Waals surface area contributed by atoms with Crippen LogP contribution >= 0.6 is 0 Å². The van der Waals surface area contributed by atoms with Gasteiger partial charge in [0.2, 0.25) is 0 Å². The van der Waals surface area contributed by atoms with E-state index in [0.29, 0.717) is 5.92 Å². The average Bonchev–Trinajstić information content (AvgIpc) is 3.00. The van der Waals surface area contributed by atoms with Gasteiger partial charge >= 0.3 is 0 Å². The van der Waals surface area contributed by atoms with Crippen molar-refractivity contribution >= 4 is 0 Å². The summed E-state index contributed by atoms with van der Waals surface area (Å²) in [5, 5.41) is 0. The van der Waals surface area contributed by atoms with Crippen LogP contribution in [0.15, 0.2) is 24.3 Å². The molecule has 2 heterocycles. The van der Waals surface area contributed by atoms with Crippen LogP contribution in [0, 0.1) is 5.92 Å². The highest BCUT2D eigenvalue weighted by atomic mass is 16.5. The van der Waals surface area contributed by atoms with Crippen LogP contribution in [-0.4, -0.2) is 50.5 Å². The van der Waals surface area contributed by atoms with Gasteiger partial charge in [0.15, 0.2) is 0 Å². The van der Waals surface area contributed by atoms with Crippen LogP contribution in [0.2, 0.25) is 0 Å². The summed E-state index contributed by atoms with van der Waals surface area (Å²) in [6.07, 6.45) is 4.63. The van der Waals surface area contributed by atoms with Crippen molar-refractivity contribution in [2.24, 2.45) is 5.92 Å². The Labute approximate surface area is 146 Å². The molecule has 2 aliphatic heterocycles. The molecule has 0 N–H and O–H groups in total. The number of piperidine rings is 1. The maximum Gasteiger partial charge on any atom is 0.119 e. The van der Waals surface area contributed by atoms with E-state index in [1.807, 2.05) is 6.07 Å². The first kappa shape index (κ1) is 17.7. The minimum absolute atomic E-state index is 0.113. The molecule has 2 aliphatic rings. The zero-order valence-corrected chi connectivity index (χ0v) is 15.1. The lowest BCUT2D eigenvalue weighted by molar-refractivity contribution is -0.0728. The molecule has 1 aromatic carbocycles. The third-order valence-corrected chi connectivity index (χ3v) is 5.66. The van der Waals surface area contributed by atoms with Crippen molar-refractivity contribution in [3.05, 3.63) is 29.8 Å². The van der Waals surface area contributed by atoms with E-state index in [9.17, 15) is 0 Å². The number of ether oxygens (including phenoxy) is 3. The van der Waals surface area contributed by atoms with E-state index < -0.39 is 0 Å². The van der Waals surface area contributed by atoms with E-state index in [0.717, 1.165) is 64.5 Å². The number of hydrogen-bond acceptors (Lipinski definition) is 4. The van der Waals surface area contributed by atoms with E-state index in [4.69, 9.17) is 14.2 Å². The van der Waals surface area contributed by atoms with Gasteiger partial charge < -0.3 is 14.2 Å². The van der Waals surface area contributed by atoms with Gasteiger partial charge in [-0.25, -0.2) is 0 Å². The summed E-state index contributed by atoms with van der Waals surface area (Å²) in [6, 6.07) is 8.40. The summed E-state index contributed by atoms with van der Waals surface area (Å²) in [5.41, 5.74) is 1.44. The highest BCUT2D eigenvalue weighted by Crippen LogP contribution is 2.42. The van der Waals surface area contributed by atoms with E-state index in [2.05, 4.69) is 30.0 Å². The van der Waals surface area contributed by atoms with Gasteiger partial charge in [-0.05, 0) is 56.2 Å². The summed E-state index contributed by atoms with van der Waals surface area (Å²) in [5.74, 6) is 1.61. The molecule has 0 radical (unpaired) electrons. The van der Waals surface area contributed by atoms with Crippen molar-refractivity contribution in [3.8, 4) is 5.75 Å². The number of hydrogen-bond donors (Lipinski definition) is 0. The summed E-state index contributed by atoms with van der Waals surface area (Å²) < 4.78 is 17.2. The summed E-state index contributed by atoms with van der Waals surface area (Å²) in [7, 11) is 1.73. The van der Waals surface area contributed by atoms with Crippen molar-refractivity contribution in [1.82, 2.24) is 4.90 Å². The highest BCUT2D eigenvalue weighted by molar-refractivity contribution is 5.28. The first-order valence-corrected chi connectivity index (χ1v) is 9.33. The molecule has 2 fully saturated rings. The summed E-state index contributed by atoms with van der Waals surface area (Å²) >= 11 is 0. The average molecular weight is 333 g/mol. The molecular weight excluding hydrogens is 302 g/mol. The van der Waals surface area contributed by atoms with E-state index >= 15 is 0 Å². The van der Waals surface area contributed by atoms with Crippen LogP contribution in [-0.2, 0) is 16.0 Å². The van der Waals surface area contributed by atoms with Gasteiger partial charge in [-0.15, -0.1) is 0 Å². The van der Waals surface area contributed by atoms with Gasteiger partial charge in [0, 0.05) is 39.5 Å². The van der Waals surface area contributed by atoms with Crippen LogP contribution < -0.4 is 4.74 Å². The fraction of sp³-hybridized carbons (Fsp3) is 0.700. The molecule has 4 nitrogen and oxygen atoms in total. The quantitative estimate of drug-likeness (QED) is 0.715. The molecule has 0 bridgehead atoms. The minimum Gasteiger partial charge on any atom is -0.497 e. The number of methoxy groups -OCH3 is 1. The fourth-order valence-corrected chi connectivity index (χ4v) is 4.23. The van der Waals surface area contributed by atoms with Gasteiger partial charge in [-0.3, -0.25) is 4.90 Å². The Bertz CT molecular complexity index is 511. The number of rotatable bonds is 7. The SMILES string of the molecule is CCOCC[C@@H]1CCOC12CCN(Cc1cccc(OC)c1)CC2. The lowest BCUT2D eigenvalue weighted by atomic mass is 9.78. The van der Waals surface area contributed by atoms with Crippen molar-refractivity contribution in [3.63, 3.8) is 0 Å². The molecular formula is C20H31NO3. The standard InChI is InChI=1S/C20H31NO3/c1-3-23-13-7-18-8-14-24-20(18)9-11-21(12-10-20)16-17-5-4-6-19(15-17)22-2/h4-6,15,18H,3,7-14,16H2,1-2H3/t18-/m1/s1. The van der Waals surface area contributed by atoms with E-state index in [1.165, 1.54) is 12.0 Å². The molecule has 0 saturated carbocycles. The van der Waals surface area contributed by atoms with Gasteiger partial charge in [0.1, 0.15) is 5.75 Å². The number of nitrogens with zero attached hydrogens (tertiary/aromatic N) is 1. The van der Waals surface area contributed by atoms with Crippen LogP contribution in [0.5, 0.6) is 5.75 Å². The largest absolute Gasteiger partial charge is 0.497 e. The van der Waals surface area contributed by atoms with E-state index in [-0.39, 0.29) is 5.60 Å². The Hall–Kier alpha value is -1.10. The molecule has 0 amide bonds. The second-order valence-corrected chi connectivity index (χ2v) is 7.01. The van der Waals surface area contributed by atoms with Crippen molar-refractivity contribution < 1.29 is 14.2 Å². The van der Waals surface area contributed by atoms with E-state index in [1.54, 1.807) is 7.11 Å². The molecule has 0 unspecified atom stereocenters. The number of likely N-dealkylation sites (tertiary alicyclic amines) is 1. The van der Waals surface area contributed by atoms with Gasteiger partial charge in [-0.2, -0.15) is 0 Å². The zero-order valence-electron chi connectivity index (χ0n) is 15.1. The normalized spacial score (nSPS) is 23.7. The zero-order chi connectivity index (χ0) is 16.8. The lowest BCUT2D eigenvalue weighted by Crippen LogP contribution is -2.47. The summed E-state index contributed by atoms with van der Waals surface area (Å²) in [6.45, 7) is 7.90. The predicted octanol–water partition coefficient (Wildman–Crippen LogP) is 3.49. The maximum absolute atomic E-state index is 6.26.